The van der Waals surface area contributed by atoms with E-state index in [2.05, 4.69) is 20.9 Å². The van der Waals surface area contributed by atoms with Gasteiger partial charge in [0.05, 0.1) is 19.3 Å². The van der Waals surface area contributed by atoms with Crippen LogP contribution < -0.4 is 0 Å². The van der Waals surface area contributed by atoms with E-state index >= 15 is 0 Å². The standard InChI is InChI=1S/C13H19BrN2O3/c1-10(9-19-3)16(7-8-18-2)13(17)12-11(14)5-4-6-15-12/h4-6,10H,7-9H2,1-3H3. The molecule has 5 nitrogen and oxygen atoms in total. The van der Waals surface area contributed by atoms with Gasteiger partial charge in [0.15, 0.2) is 0 Å². The van der Waals surface area contributed by atoms with E-state index in [1.54, 1.807) is 37.4 Å². The summed E-state index contributed by atoms with van der Waals surface area (Å²) >= 11 is 3.35. The Bertz CT molecular complexity index is 415. The van der Waals surface area contributed by atoms with Crippen molar-refractivity contribution >= 4 is 21.8 Å². The number of aromatic nitrogens is 1. The van der Waals surface area contributed by atoms with Gasteiger partial charge in [-0.25, -0.2) is 4.98 Å². The van der Waals surface area contributed by atoms with Crippen LogP contribution in [0.15, 0.2) is 22.8 Å². The number of methoxy groups -OCH3 is 2. The van der Waals surface area contributed by atoms with Crippen molar-refractivity contribution in [3.05, 3.63) is 28.5 Å². The van der Waals surface area contributed by atoms with E-state index in [9.17, 15) is 4.79 Å². The number of nitrogens with zero attached hydrogens (tertiary/aromatic N) is 2. The minimum absolute atomic E-state index is 0.0402. The van der Waals surface area contributed by atoms with Crippen molar-refractivity contribution < 1.29 is 14.3 Å². The van der Waals surface area contributed by atoms with Gasteiger partial charge in [-0.15, -0.1) is 0 Å². The number of rotatable bonds is 7. The summed E-state index contributed by atoms with van der Waals surface area (Å²) < 4.78 is 10.9. The molecule has 0 radical (unpaired) electrons. The number of carbonyl (C=O) groups excluding carboxylic acids is 1. The maximum absolute atomic E-state index is 12.5. The summed E-state index contributed by atoms with van der Waals surface area (Å²) in [5.41, 5.74) is 0.404. The minimum atomic E-state index is -0.130. The topological polar surface area (TPSA) is 51.7 Å². The molecule has 0 aliphatic carbocycles. The van der Waals surface area contributed by atoms with Crippen LogP contribution in [0.2, 0.25) is 0 Å². The normalized spacial score (nSPS) is 12.2. The zero-order valence-electron chi connectivity index (χ0n) is 11.4. The first-order valence-corrected chi connectivity index (χ1v) is 6.80. The third-order valence-corrected chi connectivity index (χ3v) is 3.34. The fraction of sp³-hybridized carbons (Fsp3) is 0.538. The second-order valence-corrected chi connectivity index (χ2v) is 4.98. The van der Waals surface area contributed by atoms with Crippen LogP contribution >= 0.6 is 15.9 Å². The van der Waals surface area contributed by atoms with Gasteiger partial charge in [-0.05, 0) is 35.0 Å². The molecular formula is C13H19BrN2O3. The van der Waals surface area contributed by atoms with E-state index in [0.717, 1.165) is 0 Å². The summed E-state index contributed by atoms with van der Waals surface area (Å²) in [5, 5.41) is 0. The molecule has 6 heteroatoms. The predicted molar refractivity (Wildman–Crippen MR) is 76.2 cm³/mol. The third-order valence-electron chi connectivity index (χ3n) is 2.70. The number of ether oxygens (including phenoxy) is 2. The molecule has 0 saturated heterocycles. The Kier molecular flexibility index (Phi) is 6.97. The van der Waals surface area contributed by atoms with Crippen LogP contribution in [0.3, 0.4) is 0 Å². The van der Waals surface area contributed by atoms with E-state index in [4.69, 9.17) is 9.47 Å². The Morgan fingerprint density at radius 1 is 1.47 bits per heavy atom. The lowest BCUT2D eigenvalue weighted by molar-refractivity contribution is 0.0473. The van der Waals surface area contributed by atoms with Crippen LogP contribution in [-0.2, 0) is 9.47 Å². The van der Waals surface area contributed by atoms with E-state index in [0.29, 0.717) is 29.9 Å². The highest BCUT2D eigenvalue weighted by Crippen LogP contribution is 2.16. The highest BCUT2D eigenvalue weighted by molar-refractivity contribution is 9.10. The van der Waals surface area contributed by atoms with Crippen LogP contribution in [0.1, 0.15) is 17.4 Å². The highest BCUT2D eigenvalue weighted by atomic mass is 79.9. The Balaban J connectivity index is 2.90. The van der Waals surface area contributed by atoms with E-state index < -0.39 is 0 Å². The number of hydrogen-bond donors (Lipinski definition) is 0. The number of carbonyl (C=O) groups is 1. The van der Waals surface area contributed by atoms with E-state index in [-0.39, 0.29) is 11.9 Å². The van der Waals surface area contributed by atoms with Crippen molar-refractivity contribution in [1.29, 1.82) is 0 Å². The summed E-state index contributed by atoms with van der Waals surface area (Å²) in [4.78, 5) is 18.3. The van der Waals surface area contributed by atoms with Gasteiger partial charge in [0.1, 0.15) is 5.69 Å². The molecule has 1 aromatic heterocycles. The zero-order chi connectivity index (χ0) is 14.3. The number of amides is 1. The first kappa shape index (κ1) is 16.1. The Morgan fingerprint density at radius 3 is 2.79 bits per heavy atom. The van der Waals surface area contributed by atoms with Gasteiger partial charge in [0, 0.05) is 31.4 Å². The fourth-order valence-corrected chi connectivity index (χ4v) is 2.15. The number of hydrogen-bond acceptors (Lipinski definition) is 4. The van der Waals surface area contributed by atoms with Gasteiger partial charge in [-0.3, -0.25) is 4.79 Å². The van der Waals surface area contributed by atoms with Gasteiger partial charge in [-0.2, -0.15) is 0 Å². The van der Waals surface area contributed by atoms with Crippen molar-refractivity contribution in [3.8, 4) is 0 Å². The van der Waals surface area contributed by atoms with Crippen molar-refractivity contribution in [2.75, 3.05) is 34.0 Å². The molecule has 0 aromatic carbocycles. The van der Waals surface area contributed by atoms with Crippen LogP contribution in [0, 0.1) is 0 Å². The molecule has 1 aromatic rings. The second kappa shape index (κ2) is 8.24. The van der Waals surface area contributed by atoms with Gasteiger partial charge in [0.2, 0.25) is 0 Å². The van der Waals surface area contributed by atoms with Gasteiger partial charge in [-0.1, -0.05) is 0 Å². The maximum atomic E-state index is 12.5. The molecule has 0 spiro atoms. The number of halogens is 1. The maximum Gasteiger partial charge on any atom is 0.274 e. The van der Waals surface area contributed by atoms with Gasteiger partial charge >= 0.3 is 0 Å². The Hall–Kier alpha value is -0.980. The van der Waals surface area contributed by atoms with E-state index in [1.165, 1.54) is 0 Å². The van der Waals surface area contributed by atoms with Gasteiger partial charge in [0.25, 0.3) is 5.91 Å². The summed E-state index contributed by atoms with van der Waals surface area (Å²) in [5.74, 6) is -0.130. The van der Waals surface area contributed by atoms with Crippen molar-refractivity contribution in [2.24, 2.45) is 0 Å². The lowest BCUT2D eigenvalue weighted by Gasteiger charge is -2.28. The van der Waals surface area contributed by atoms with Crippen molar-refractivity contribution in [2.45, 2.75) is 13.0 Å². The molecule has 1 atom stereocenters. The van der Waals surface area contributed by atoms with Crippen LogP contribution in [0.4, 0.5) is 0 Å². The molecule has 1 amide bonds. The molecular weight excluding hydrogens is 312 g/mol. The van der Waals surface area contributed by atoms with Gasteiger partial charge < -0.3 is 14.4 Å². The average molecular weight is 331 g/mol. The monoisotopic (exact) mass is 330 g/mol. The Morgan fingerprint density at radius 2 is 2.21 bits per heavy atom. The largest absolute Gasteiger partial charge is 0.383 e. The summed E-state index contributed by atoms with van der Waals surface area (Å²) in [6.07, 6.45) is 1.60. The summed E-state index contributed by atoms with van der Waals surface area (Å²) in [6, 6.07) is 3.54. The summed E-state index contributed by atoms with van der Waals surface area (Å²) in [7, 11) is 3.23. The quantitative estimate of drug-likeness (QED) is 0.767. The van der Waals surface area contributed by atoms with Crippen LogP contribution in [-0.4, -0.2) is 55.8 Å². The minimum Gasteiger partial charge on any atom is -0.383 e. The molecule has 0 aliphatic rings. The van der Waals surface area contributed by atoms with Crippen LogP contribution in [0.25, 0.3) is 0 Å². The summed E-state index contributed by atoms with van der Waals surface area (Å²) in [6.45, 7) is 3.39. The SMILES string of the molecule is COCCN(C(=O)c1ncccc1Br)C(C)COC. The first-order valence-electron chi connectivity index (χ1n) is 6.01. The van der Waals surface area contributed by atoms with Crippen molar-refractivity contribution in [3.63, 3.8) is 0 Å². The van der Waals surface area contributed by atoms with E-state index in [1.807, 2.05) is 6.92 Å². The highest BCUT2D eigenvalue weighted by Gasteiger charge is 2.23. The van der Waals surface area contributed by atoms with Crippen molar-refractivity contribution in [1.82, 2.24) is 9.88 Å². The lowest BCUT2D eigenvalue weighted by atomic mass is 10.2. The second-order valence-electron chi connectivity index (χ2n) is 4.13. The lowest BCUT2D eigenvalue weighted by Crippen LogP contribution is -2.43. The Labute approximate surface area is 122 Å². The molecule has 0 aliphatic heterocycles. The predicted octanol–water partition coefficient (Wildman–Crippen LogP) is 1.97. The molecule has 1 heterocycles. The number of pyridine rings is 1. The first-order chi connectivity index (χ1) is 9.11. The molecule has 0 saturated carbocycles. The fourth-order valence-electron chi connectivity index (χ4n) is 1.72. The molecule has 1 rings (SSSR count). The molecule has 106 valence electrons. The smallest absolute Gasteiger partial charge is 0.274 e. The molecule has 0 bridgehead atoms. The molecule has 0 fully saturated rings. The molecule has 0 N–H and O–H groups in total. The zero-order valence-corrected chi connectivity index (χ0v) is 13.0. The molecule has 1 unspecified atom stereocenters. The molecule has 19 heavy (non-hydrogen) atoms. The third kappa shape index (κ3) is 4.56. The van der Waals surface area contributed by atoms with Crippen LogP contribution in [0.5, 0.6) is 0 Å². The average Bonchev–Trinajstić information content (AvgIpc) is 2.39.